The molecule has 1 aromatic rings. The van der Waals surface area contributed by atoms with Gasteiger partial charge in [-0.15, -0.1) is 0 Å². The second-order valence-electron chi connectivity index (χ2n) is 5.81. The lowest BCUT2D eigenvalue weighted by molar-refractivity contribution is 0.535. The van der Waals surface area contributed by atoms with Crippen LogP contribution in [0.5, 0.6) is 0 Å². The molecule has 2 nitrogen and oxygen atoms in total. The van der Waals surface area contributed by atoms with E-state index in [0.717, 1.165) is 12.2 Å². The van der Waals surface area contributed by atoms with Crippen LogP contribution in [0.15, 0.2) is 16.6 Å². The van der Waals surface area contributed by atoms with Crippen LogP contribution in [0.2, 0.25) is 0 Å². The Kier molecular flexibility index (Phi) is 4.71. The quantitative estimate of drug-likeness (QED) is 0.820. The molecule has 1 aliphatic rings. The van der Waals surface area contributed by atoms with Gasteiger partial charge in [0.15, 0.2) is 0 Å². The second kappa shape index (κ2) is 6.12. The smallest absolute Gasteiger partial charge is 0.139 e. The summed E-state index contributed by atoms with van der Waals surface area (Å²) < 4.78 is 14.0. The number of anilines is 2. The molecule has 0 radical (unpaired) electrons. The van der Waals surface area contributed by atoms with Crippen LogP contribution in [0.1, 0.15) is 39.5 Å². The predicted molar refractivity (Wildman–Crippen MR) is 83.0 cm³/mol. The summed E-state index contributed by atoms with van der Waals surface area (Å²) in [6.45, 7) is 5.38. The van der Waals surface area contributed by atoms with Crippen LogP contribution in [0, 0.1) is 11.7 Å². The highest BCUT2D eigenvalue weighted by Gasteiger charge is 2.25. The van der Waals surface area contributed by atoms with Crippen molar-refractivity contribution >= 4 is 27.3 Å². The Balaban J connectivity index is 2.33. The molecule has 4 heteroatoms. The van der Waals surface area contributed by atoms with Crippen molar-refractivity contribution in [1.82, 2.24) is 0 Å². The summed E-state index contributed by atoms with van der Waals surface area (Å²) in [6, 6.07) is 3.79. The standard InChI is InChI=1S/C15H22BrFN2/c1-10(2)9-19(11-5-3-4-6-11)15-7-12(16)13(17)8-14(15)18/h7-8,10-11H,3-6,9,18H2,1-2H3. The number of nitrogens with zero attached hydrogens (tertiary/aromatic N) is 1. The summed E-state index contributed by atoms with van der Waals surface area (Å²) in [7, 11) is 0. The van der Waals surface area contributed by atoms with Crippen molar-refractivity contribution in [3.05, 3.63) is 22.4 Å². The molecule has 2 N–H and O–H groups in total. The molecule has 0 heterocycles. The van der Waals surface area contributed by atoms with Gasteiger partial charge < -0.3 is 10.6 Å². The fourth-order valence-corrected chi connectivity index (χ4v) is 3.19. The van der Waals surface area contributed by atoms with Crippen LogP contribution in [-0.4, -0.2) is 12.6 Å². The summed E-state index contributed by atoms with van der Waals surface area (Å²) >= 11 is 3.27. The first kappa shape index (κ1) is 14.6. The summed E-state index contributed by atoms with van der Waals surface area (Å²) in [6.07, 6.45) is 4.98. The molecule has 1 aliphatic carbocycles. The molecular weight excluding hydrogens is 307 g/mol. The van der Waals surface area contributed by atoms with Gasteiger partial charge in [0, 0.05) is 18.7 Å². The Hall–Kier alpha value is -0.770. The molecule has 2 rings (SSSR count). The molecule has 0 aromatic heterocycles. The Labute approximate surface area is 123 Å². The number of hydrogen-bond donors (Lipinski definition) is 1. The second-order valence-corrected chi connectivity index (χ2v) is 6.66. The van der Waals surface area contributed by atoms with Gasteiger partial charge in [-0.1, -0.05) is 26.7 Å². The lowest BCUT2D eigenvalue weighted by atomic mass is 10.1. The third kappa shape index (κ3) is 3.41. The van der Waals surface area contributed by atoms with Gasteiger partial charge in [0.05, 0.1) is 15.8 Å². The zero-order chi connectivity index (χ0) is 14.0. The molecule has 19 heavy (non-hydrogen) atoms. The molecular formula is C15H22BrFN2. The third-order valence-electron chi connectivity index (χ3n) is 3.71. The first-order chi connectivity index (χ1) is 8.99. The SMILES string of the molecule is CC(C)CN(c1cc(Br)c(F)cc1N)C1CCCC1. The minimum absolute atomic E-state index is 0.294. The number of halogens is 2. The van der Waals surface area contributed by atoms with Gasteiger partial charge in [0.1, 0.15) is 5.82 Å². The van der Waals surface area contributed by atoms with Gasteiger partial charge in [0.25, 0.3) is 0 Å². The number of nitrogen functional groups attached to an aromatic ring is 1. The van der Waals surface area contributed by atoms with Crippen molar-refractivity contribution in [2.24, 2.45) is 5.92 Å². The minimum Gasteiger partial charge on any atom is -0.397 e. The van der Waals surface area contributed by atoms with E-state index in [-0.39, 0.29) is 5.82 Å². The number of rotatable bonds is 4. The highest BCUT2D eigenvalue weighted by molar-refractivity contribution is 9.10. The normalized spacial score (nSPS) is 16.3. The molecule has 106 valence electrons. The Morgan fingerprint density at radius 2 is 2.00 bits per heavy atom. The van der Waals surface area contributed by atoms with E-state index in [4.69, 9.17) is 5.73 Å². The van der Waals surface area contributed by atoms with E-state index in [9.17, 15) is 4.39 Å². The summed E-state index contributed by atoms with van der Waals surface area (Å²) in [5.41, 5.74) is 7.53. The van der Waals surface area contributed by atoms with E-state index >= 15 is 0 Å². The summed E-state index contributed by atoms with van der Waals surface area (Å²) in [5, 5.41) is 0. The van der Waals surface area contributed by atoms with Crippen molar-refractivity contribution < 1.29 is 4.39 Å². The first-order valence-electron chi connectivity index (χ1n) is 7.00. The number of hydrogen-bond acceptors (Lipinski definition) is 2. The van der Waals surface area contributed by atoms with E-state index < -0.39 is 0 Å². The maximum atomic E-state index is 13.5. The average molecular weight is 329 g/mol. The van der Waals surface area contributed by atoms with Crippen LogP contribution in [0.25, 0.3) is 0 Å². The molecule has 0 aliphatic heterocycles. The van der Waals surface area contributed by atoms with Gasteiger partial charge in [-0.05, 0) is 40.8 Å². The van der Waals surface area contributed by atoms with Crippen LogP contribution in [0.4, 0.5) is 15.8 Å². The predicted octanol–water partition coefficient (Wildman–Crippen LogP) is 4.58. The Bertz CT molecular complexity index is 442. The van der Waals surface area contributed by atoms with Crippen molar-refractivity contribution in [3.8, 4) is 0 Å². The van der Waals surface area contributed by atoms with Crippen molar-refractivity contribution in [2.45, 2.75) is 45.6 Å². The summed E-state index contributed by atoms with van der Waals surface area (Å²) in [5.74, 6) is 0.265. The molecule has 0 amide bonds. The van der Waals surface area contributed by atoms with Gasteiger partial charge in [-0.25, -0.2) is 4.39 Å². The van der Waals surface area contributed by atoms with Crippen molar-refractivity contribution in [3.63, 3.8) is 0 Å². The minimum atomic E-state index is -0.294. The van der Waals surface area contributed by atoms with Crippen LogP contribution < -0.4 is 10.6 Å². The molecule has 1 saturated carbocycles. The largest absolute Gasteiger partial charge is 0.397 e. The van der Waals surface area contributed by atoms with Gasteiger partial charge in [-0.3, -0.25) is 0 Å². The Morgan fingerprint density at radius 3 is 2.58 bits per heavy atom. The first-order valence-corrected chi connectivity index (χ1v) is 7.79. The maximum absolute atomic E-state index is 13.5. The van der Waals surface area contributed by atoms with Crippen LogP contribution in [-0.2, 0) is 0 Å². The van der Waals surface area contributed by atoms with Crippen molar-refractivity contribution in [2.75, 3.05) is 17.2 Å². The average Bonchev–Trinajstić information content (AvgIpc) is 2.84. The number of benzene rings is 1. The topological polar surface area (TPSA) is 29.3 Å². The monoisotopic (exact) mass is 328 g/mol. The van der Waals surface area contributed by atoms with Gasteiger partial charge >= 0.3 is 0 Å². The summed E-state index contributed by atoms with van der Waals surface area (Å²) in [4.78, 5) is 2.37. The molecule has 0 bridgehead atoms. The highest BCUT2D eigenvalue weighted by atomic mass is 79.9. The lowest BCUT2D eigenvalue weighted by Crippen LogP contribution is -2.36. The van der Waals surface area contributed by atoms with E-state index in [1.165, 1.54) is 31.7 Å². The fourth-order valence-electron chi connectivity index (χ4n) is 2.85. The zero-order valence-corrected chi connectivity index (χ0v) is 13.2. The van der Waals surface area contributed by atoms with E-state index in [0.29, 0.717) is 22.1 Å². The van der Waals surface area contributed by atoms with Crippen LogP contribution >= 0.6 is 15.9 Å². The van der Waals surface area contributed by atoms with Gasteiger partial charge in [-0.2, -0.15) is 0 Å². The lowest BCUT2D eigenvalue weighted by Gasteiger charge is -2.34. The zero-order valence-electron chi connectivity index (χ0n) is 11.6. The molecule has 1 aromatic carbocycles. The highest BCUT2D eigenvalue weighted by Crippen LogP contribution is 2.35. The Morgan fingerprint density at radius 1 is 1.37 bits per heavy atom. The van der Waals surface area contributed by atoms with Gasteiger partial charge in [0.2, 0.25) is 0 Å². The van der Waals surface area contributed by atoms with E-state index in [2.05, 4.69) is 34.7 Å². The number of nitrogens with two attached hydrogens (primary N) is 1. The maximum Gasteiger partial charge on any atom is 0.139 e. The molecule has 0 unspecified atom stereocenters. The molecule has 1 fully saturated rings. The fraction of sp³-hybridized carbons (Fsp3) is 0.600. The third-order valence-corrected chi connectivity index (χ3v) is 4.31. The van der Waals surface area contributed by atoms with E-state index in [1.807, 2.05) is 6.07 Å². The molecule has 0 saturated heterocycles. The molecule has 0 spiro atoms. The van der Waals surface area contributed by atoms with Crippen molar-refractivity contribution in [1.29, 1.82) is 0 Å². The molecule has 0 atom stereocenters. The van der Waals surface area contributed by atoms with Crippen LogP contribution in [0.3, 0.4) is 0 Å². The van der Waals surface area contributed by atoms with E-state index in [1.54, 1.807) is 0 Å².